The Morgan fingerprint density at radius 1 is 1.13 bits per heavy atom. The van der Waals surface area contributed by atoms with Gasteiger partial charge in [-0.05, 0) is 67.4 Å². The van der Waals surface area contributed by atoms with Crippen molar-refractivity contribution in [2.24, 2.45) is 0 Å². The van der Waals surface area contributed by atoms with Gasteiger partial charge in [0.05, 0.1) is 11.4 Å². The van der Waals surface area contributed by atoms with Crippen LogP contribution in [0.3, 0.4) is 0 Å². The minimum atomic E-state index is -0.354. The zero-order chi connectivity index (χ0) is 20.8. The van der Waals surface area contributed by atoms with Crippen molar-refractivity contribution in [1.29, 1.82) is 0 Å². The van der Waals surface area contributed by atoms with Crippen LogP contribution >= 0.6 is 11.8 Å². The molecule has 1 aliphatic carbocycles. The van der Waals surface area contributed by atoms with Crippen LogP contribution < -0.4 is 5.32 Å². The van der Waals surface area contributed by atoms with Gasteiger partial charge in [0.1, 0.15) is 5.82 Å². The van der Waals surface area contributed by atoms with E-state index >= 15 is 0 Å². The quantitative estimate of drug-likeness (QED) is 0.677. The summed E-state index contributed by atoms with van der Waals surface area (Å²) in [6, 6.07) is 6.08. The van der Waals surface area contributed by atoms with E-state index in [2.05, 4.69) is 25.7 Å². The highest BCUT2D eigenvalue weighted by molar-refractivity contribution is 7.99. The number of hydrogen-bond acceptors (Lipinski definition) is 6. The fourth-order valence-corrected chi connectivity index (χ4v) is 5.39. The number of piperidine rings is 1. The summed E-state index contributed by atoms with van der Waals surface area (Å²) in [5.74, 6) is -0.144. The Hall–Kier alpha value is -2.00. The Balaban J connectivity index is 1.34. The largest absolute Gasteiger partial charge is 0.354 e. The molecule has 1 aromatic carbocycles. The summed E-state index contributed by atoms with van der Waals surface area (Å²) in [6.45, 7) is 3.00. The number of benzene rings is 1. The van der Waals surface area contributed by atoms with E-state index in [4.69, 9.17) is 0 Å². The Morgan fingerprint density at radius 2 is 1.90 bits per heavy atom. The minimum Gasteiger partial charge on any atom is -0.354 e. The van der Waals surface area contributed by atoms with Crippen LogP contribution in [-0.2, 0) is 4.79 Å². The molecule has 9 heteroatoms. The summed E-state index contributed by atoms with van der Waals surface area (Å²) in [4.78, 5) is 15.3. The molecule has 0 bridgehead atoms. The van der Waals surface area contributed by atoms with Crippen LogP contribution in [0.15, 0.2) is 29.4 Å². The van der Waals surface area contributed by atoms with E-state index in [0.717, 1.165) is 25.9 Å². The van der Waals surface area contributed by atoms with Gasteiger partial charge in [-0.15, -0.1) is 5.10 Å². The number of rotatable bonds is 7. The summed E-state index contributed by atoms with van der Waals surface area (Å²) in [6.07, 6.45) is 9.93. The van der Waals surface area contributed by atoms with E-state index < -0.39 is 0 Å². The van der Waals surface area contributed by atoms with E-state index in [-0.39, 0.29) is 23.0 Å². The van der Waals surface area contributed by atoms with Crippen molar-refractivity contribution < 1.29 is 9.18 Å². The molecule has 1 saturated carbocycles. The van der Waals surface area contributed by atoms with Crippen LogP contribution in [0.25, 0.3) is 5.69 Å². The molecule has 1 saturated heterocycles. The molecule has 0 spiro atoms. The Kier molecular flexibility index (Phi) is 6.99. The number of amides is 1. The van der Waals surface area contributed by atoms with Crippen LogP contribution in [0.2, 0.25) is 0 Å². The van der Waals surface area contributed by atoms with E-state index in [1.54, 1.807) is 12.1 Å². The molecule has 0 atom stereocenters. The molecule has 1 amide bonds. The van der Waals surface area contributed by atoms with Crippen molar-refractivity contribution in [3.63, 3.8) is 0 Å². The van der Waals surface area contributed by atoms with Gasteiger partial charge in [0.25, 0.3) is 0 Å². The molecular weight excluding hydrogens is 403 g/mol. The number of hydrogen-bond donors (Lipinski definition) is 1. The zero-order valence-corrected chi connectivity index (χ0v) is 18.0. The molecule has 4 rings (SSSR count). The second-order valence-electron chi connectivity index (χ2n) is 8.25. The number of tetrazole rings is 1. The first-order chi connectivity index (χ1) is 14.7. The minimum absolute atomic E-state index is 0.0178. The van der Waals surface area contributed by atoms with Crippen molar-refractivity contribution in [2.75, 3.05) is 25.4 Å². The fraction of sp³-hybridized carbons (Fsp3) is 0.619. The van der Waals surface area contributed by atoms with Gasteiger partial charge < -0.3 is 5.32 Å². The predicted octanol–water partition coefficient (Wildman–Crippen LogP) is 3.20. The summed E-state index contributed by atoms with van der Waals surface area (Å²) in [5.41, 5.74) is 0.649. The van der Waals surface area contributed by atoms with Crippen molar-refractivity contribution >= 4 is 17.7 Å². The molecule has 1 N–H and O–H groups in total. The van der Waals surface area contributed by atoms with Gasteiger partial charge in [-0.25, -0.2) is 4.39 Å². The lowest BCUT2D eigenvalue weighted by molar-refractivity contribution is -0.119. The van der Waals surface area contributed by atoms with Crippen LogP contribution in [0, 0.1) is 5.82 Å². The molecule has 162 valence electrons. The van der Waals surface area contributed by atoms with Crippen molar-refractivity contribution in [3.8, 4) is 5.69 Å². The number of carbonyl (C=O) groups excluding carboxylic acids is 1. The molecule has 0 radical (unpaired) electrons. The van der Waals surface area contributed by atoms with Crippen molar-refractivity contribution in [2.45, 2.75) is 62.1 Å². The Morgan fingerprint density at radius 3 is 2.67 bits per heavy atom. The van der Waals surface area contributed by atoms with Crippen LogP contribution in [-0.4, -0.2) is 61.9 Å². The molecule has 2 fully saturated rings. The van der Waals surface area contributed by atoms with Gasteiger partial charge in [-0.3, -0.25) is 9.69 Å². The highest BCUT2D eigenvalue weighted by Crippen LogP contribution is 2.35. The molecule has 7 nitrogen and oxygen atoms in total. The highest BCUT2D eigenvalue weighted by atomic mass is 32.2. The van der Waals surface area contributed by atoms with Gasteiger partial charge >= 0.3 is 0 Å². The first-order valence-corrected chi connectivity index (χ1v) is 11.8. The van der Waals surface area contributed by atoms with Crippen LogP contribution in [0.1, 0.15) is 51.4 Å². The molecule has 30 heavy (non-hydrogen) atoms. The number of aromatic nitrogens is 4. The van der Waals surface area contributed by atoms with Gasteiger partial charge in [-0.2, -0.15) is 4.68 Å². The maximum atomic E-state index is 13.5. The van der Waals surface area contributed by atoms with Gasteiger partial charge in [0.15, 0.2) is 0 Å². The van der Waals surface area contributed by atoms with Crippen LogP contribution in [0.4, 0.5) is 4.39 Å². The third-order valence-electron chi connectivity index (χ3n) is 6.25. The first-order valence-electron chi connectivity index (χ1n) is 10.9. The topological polar surface area (TPSA) is 75.9 Å². The maximum Gasteiger partial charge on any atom is 0.230 e. The molecule has 2 aromatic rings. The van der Waals surface area contributed by atoms with E-state index in [1.807, 2.05) is 0 Å². The molecule has 2 heterocycles. The lowest BCUT2D eigenvalue weighted by atomic mass is 9.79. The summed E-state index contributed by atoms with van der Waals surface area (Å²) < 4.78 is 15.0. The molecule has 2 aliphatic rings. The monoisotopic (exact) mass is 432 g/mol. The average molecular weight is 433 g/mol. The number of likely N-dealkylation sites (tertiary alicyclic amines) is 1. The van der Waals surface area contributed by atoms with Crippen LogP contribution in [0.5, 0.6) is 0 Å². The molecule has 1 aliphatic heterocycles. The predicted molar refractivity (Wildman–Crippen MR) is 114 cm³/mol. The van der Waals surface area contributed by atoms with E-state index in [0.29, 0.717) is 17.4 Å². The average Bonchev–Trinajstić information content (AvgIpc) is 3.26. The zero-order valence-electron chi connectivity index (χ0n) is 17.2. The van der Waals surface area contributed by atoms with E-state index in [9.17, 15) is 9.18 Å². The van der Waals surface area contributed by atoms with Gasteiger partial charge in [-0.1, -0.05) is 43.5 Å². The van der Waals surface area contributed by atoms with E-state index in [1.165, 1.54) is 67.1 Å². The molecule has 0 unspecified atom stereocenters. The number of nitrogens with zero attached hydrogens (tertiary/aromatic N) is 5. The summed E-state index contributed by atoms with van der Waals surface area (Å²) in [5, 5.41) is 15.2. The third-order valence-corrected chi connectivity index (χ3v) is 7.17. The highest BCUT2D eigenvalue weighted by Gasteiger charge is 2.38. The third kappa shape index (κ3) is 5.00. The van der Waals surface area contributed by atoms with Crippen molar-refractivity contribution in [1.82, 2.24) is 30.4 Å². The Bertz CT molecular complexity index is 848. The SMILES string of the molecule is O=C(CSc1nnnn1-c1cccc(F)c1)NCC1(N2CCCCC2)CCCCC1. The van der Waals surface area contributed by atoms with Crippen molar-refractivity contribution in [3.05, 3.63) is 30.1 Å². The molecule has 1 aromatic heterocycles. The lowest BCUT2D eigenvalue weighted by Gasteiger charge is -2.48. The summed E-state index contributed by atoms with van der Waals surface area (Å²) >= 11 is 1.26. The Labute approximate surface area is 180 Å². The fourth-order valence-electron chi connectivity index (χ4n) is 4.67. The first kappa shape index (κ1) is 21.2. The second-order valence-corrected chi connectivity index (χ2v) is 9.19. The lowest BCUT2D eigenvalue weighted by Crippen LogP contribution is -2.58. The standard InChI is InChI=1S/C21H29FN6OS/c22-17-8-7-9-18(14-17)28-20(24-25-26-28)30-15-19(29)23-16-21(10-3-1-4-11-21)27-12-5-2-6-13-27/h7-9,14H,1-6,10-13,15-16H2,(H,23,29). The second kappa shape index (κ2) is 9.87. The van der Waals surface area contributed by atoms with Gasteiger partial charge in [0, 0.05) is 12.1 Å². The molecular formula is C21H29FN6OS. The summed E-state index contributed by atoms with van der Waals surface area (Å²) in [7, 11) is 0. The number of thioether (sulfide) groups is 1. The van der Waals surface area contributed by atoms with Gasteiger partial charge in [0.2, 0.25) is 11.1 Å². The number of carbonyl (C=O) groups is 1. The smallest absolute Gasteiger partial charge is 0.230 e. The number of nitrogens with one attached hydrogen (secondary N) is 1. The number of halogens is 1. The maximum absolute atomic E-state index is 13.5. The normalized spacial score (nSPS) is 19.5.